The van der Waals surface area contributed by atoms with Crippen LogP contribution in [-0.4, -0.2) is 63.9 Å². The van der Waals surface area contributed by atoms with Crippen molar-refractivity contribution in [2.45, 2.75) is 26.3 Å². The number of imide groups is 2. The standard InChI is InChI=1S/C40H29N3O7/c1-22-19-40(2,3)43(32(44)20-41-36(46)26-12-4-8-23-9-5-13-27(34(23)26)37(41)47)31-17-16-25(18-30(22)31)50-33(45)21-42-38(48)28-14-6-10-24-11-7-15-29(35(24)28)39(42)49/h4-19H,20-21H2,1-3H3. The van der Waals surface area contributed by atoms with Crippen LogP contribution in [-0.2, 0) is 9.59 Å². The molecule has 50 heavy (non-hydrogen) atoms. The molecule has 0 saturated heterocycles. The summed E-state index contributed by atoms with van der Waals surface area (Å²) < 4.78 is 5.63. The van der Waals surface area contributed by atoms with Gasteiger partial charge in [0, 0.05) is 38.6 Å². The highest BCUT2D eigenvalue weighted by atomic mass is 16.5. The SMILES string of the molecule is CC1=CC(C)(C)N(C(=O)CN2C(=O)c3cccc4cccc(c34)C2=O)c2ccc(OC(=O)CN3C(=O)c4cccc5cccc(c45)C3=O)cc21. The van der Waals surface area contributed by atoms with Crippen LogP contribution < -0.4 is 9.64 Å². The van der Waals surface area contributed by atoms with E-state index in [4.69, 9.17) is 4.74 Å². The molecule has 3 heterocycles. The van der Waals surface area contributed by atoms with Crippen LogP contribution in [0.15, 0.2) is 97.1 Å². The van der Waals surface area contributed by atoms with Gasteiger partial charge in [-0.15, -0.1) is 0 Å². The number of rotatable bonds is 5. The summed E-state index contributed by atoms with van der Waals surface area (Å²) in [5.74, 6) is -3.38. The van der Waals surface area contributed by atoms with Gasteiger partial charge in [-0.25, -0.2) is 4.79 Å². The number of hydrogen-bond donors (Lipinski definition) is 0. The third-order valence-corrected chi connectivity index (χ3v) is 9.55. The lowest BCUT2D eigenvalue weighted by molar-refractivity contribution is -0.134. The summed E-state index contributed by atoms with van der Waals surface area (Å²) in [6.45, 7) is 4.50. The zero-order valence-electron chi connectivity index (χ0n) is 27.4. The summed E-state index contributed by atoms with van der Waals surface area (Å²) in [6, 6.07) is 25.6. The number of carbonyl (C=O) groups is 6. The average molecular weight is 664 g/mol. The monoisotopic (exact) mass is 663 g/mol. The third-order valence-electron chi connectivity index (χ3n) is 9.55. The molecule has 8 rings (SSSR count). The molecule has 0 aliphatic carbocycles. The normalized spacial score (nSPS) is 16.1. The van der Waals surface area contributed by atoms with Gasteiger partial charge in [0.1, 0.15) is 18.8 Å². The fourth-order valence-electron chi connectivity index (χ4n) is 7.47. The molecule has 5 amide bonds. The van der Waals surface area contributed by atoms with Crippen molar-refractivity contribution < 1.29 is 33.5 Å². The molecule has 0 aromatic heterocycles. The molecule has 3 aliphatic rings. The lowest BCUT2D eigenvalue weighted by Gasteiger charge is -2.42. The molecular formula is C40H29N3O7. The summed E-state index contributed by atoms with van der Waals surface area (Å²) in [7, 11) is 0. The Labute approximate surface area is 286 Å². The van der Waals surface area contributed by atoms with E-state index in [0.717, 1.165) is 26.1 Å². The second-order valence-electron chi connectivity index (χ2n) is 13.2. The lowest BCUT2D eigenvalue weighted by Crippen LogP contribution is -2.54. The zero-order valence-corrected chi connectivity index (χ0v) is 27.4. The minimum absolute atomic E-state index is 0.152. The van der Waals surface area contributed by atoms with Crippen molar-refractivity contribution in [1.29, 1.82) is 0 Å². The molecular weight excluding hydrogens is 634 g/mol. The minimum atomic E-state index is -0.833. The summed E-state index contributed by atoms with van der Waals surface area (Å²) in [5, 5.41) is 2.67. The number of nitrogens with zero attached hydrogens (tertiary/aromatic N) is 3. The fraction of sp³-hybridized carbons (Fsp3) is 0.150. The highest BCUT2D eigenvalue weighted by molar-refractivity contribution is 6.27. The summed E-state index contributed by atoms with van der Waals surface area (Å²) in [5.41, 5.74) is 2.47. The number of esters is 1. The Kier molecular flexibility index (Phi) is 6.83. The van der Waals surface area contributed by atoms with Gasteiger partial charge in [-0.05, 0) is 79.6 Å². The molecule has 3 aliphatic heterocycles. The van der Waals surface area contributed by atoms with E-state index in [2.05, 4.69) is 0 Å². The first-order valence-electron chi connectivity index (χ1n) is 16.1. The van der Waals surface area contributed by atoms with Crippen molar-refractivity contribution in [2.24, 2.45) is 0 Å². The van der Waals surface area contributed by atoms with Gasteiger partial charge in [0.25, 0.3) is 23.6 Å². The van der Waals surface area contributed by atoms with Gasteiger partial charge >= 0.3 is 5.97 Å². The molecule has 0 spiro atoms. The third kappa shape index (κ3) is 4.63. The summed E-state index contributed by atoms with van der Waals surface area (Å²) in [6.07, 6.45) is 1.89. The zero-order chi connectivity index (χ0) is 35.1. The molecule has 10 heteroatoms. The minimum Gasteiger partial charge on any atom is -0.425 e. The second-order valence-corrected chi connectivity index (χ2v) is 13.2. The smallest absolute Gasteiger partial charge is 0.331 e. The van der Waals surface area contributed by atoms with Gasteiger partial charge in [-0.2, -0.15) is 0 Å². The fourth-order valence-corrected chi connectivity index (χ4v) is 7.47. The van der Waals surface area contributed by atoms with Gasteiger partial charge in [-0.3, -0.25) is 33.8 Å². The van der Waals surface area contributed by atoms with Gasteiger partial charge in [0.2, 0.25) is 5.91 Å². The average Bonchev–Trinajstić information content (AvgIpc) is 3.09. The number of hydrogen-bond acceptors (Lipinski definition) is 7. The molecule has 5 aromatic rings. The molecule has 0 unspecified atom stereocenters. The van der Waals surface area contributed by atoms with Gasteiger partial charge < -0.3 is 9.64 Å². The van der Waals surface area contributed by atoms with E-state index in [-0.39, 0.29) is 5.75 Å². The summed E-state index contributed by atoms with van der Waals surface area (Å²) in [4.78, 5) is 84.4. The van der Waals surface area contributed by atoms with E-state index in [9.17, 15) is 28.8 Å². The van der Waals surface area contributed by atoms with Crippen molar-refractivity contribution in [3.63, 3.8) is 0 Å². The Balaban J connectivity index is 1.04. The molecule has 0 radical (unpaired) electrons. The van der Waals surface area contributed by atoms with Crippen LogP contribution in [0.2, 0.25) is 0 Å². The number of anilines is 1. The summed E-state index contributed by atoms with van der Waals surface area (Å²) >= 11 is 0. The molecule has 0 fully saturated rings. The lowest BCUT2D eigenvalue weighted by atomic mass is 9.88. The predicted molar refractivity (Wildman–Crippen MR) is 186 cm³/mol. The van der Waals surface area contributed by atoms with Crippen LogP contribution in [0.25, 0.3) is 27.1 Å². The van der Waals surface area contributed by atoms with Gasteiger partial charge in [-0.1, -0.05) is 54.6 Å². The van der Waals surface area contributed by atoms with E-state index in [1.54, 1.807) is 60.7 Å². The molecule has 246 valence electrons. The van der Waals surface area contributed by atoms with Gasteiger partial charge in [0.15, 0.2) is 0 Å². The van der Waals surface area contributed by atoms with Crippen molar-refractivity contribution in [2.75, 3.05) is 18.0 Å². The Bertz CT molecular complexity index is 2340. The Morgan fingerprint density at radius 1 is 0.620 bits per heavy atom. The first kappa shape index (κ1) is 30.9. The maximum atomic E-state index is 14.1. The molecule has 0 saturated carbocycles. The van der Waals surface area contributed by atoms with E-state index >= 15 is 0 Å². The van der Waals surface area contributed by atoms with Crippen LogP contribution in [0.1, 0.15) is 67.8 Å². The predicted octanol–water partition coefficient (Wildman–Crippen LogP) is 6.02. The molecule has 0 bridgehead atoms. The van der Waals surface area contributed by atoms with Gasteiger partial charge in [0.05, 0.1) is 11.2 Å². The van der Waals surface area contributed by atoms with Crippen molar-refractivity contribution in [1.82, 2.24) is 9.80 Å². The largest absolute Gasteiger partial charge is 0.425 e. The number of amides is 5. The number of benzene rings is 5. The van der Waals surface area contributed by atoms with Crippen LogP contribution in [0.4, 0.5) is 5.69 Å². The highest BCUT2D eigenvalue weighted by Gasteiger charge is 2.40. The van der Waals surface area contributed by atoms with Crippen LogP contribution in [0.3, 0.4) is 0 Å². The number of fused-ring (bicyclic) bond motifs is 1. The van der Waals surface area contributed by atoms with E-state index in [1.807, 2.05) is 51.1 Å². The van der Waals surface area contributed by atoms with E-state index in [1.165, 1.54) is 11.0 Å². The van der Waals surface area contributed by atoms with Crippen LogP contribution in [0, 0.1) is 0 Å². The van der Waals surface area contributed by atoms with Crippen molar-refractivity contribution >= 4 is 68.3 Å². The van der Waals surface area contributed by atoms with Crippen molar-refractivity contribution in [3.05, 3.63) is 125 Å². The molecule has 5 aromatic carbocycles. The maximum absolute atomic E-state index is 14.1. The number of ether oxygens (including phenoxy) is 1. The quantitative estimate of drug-likeness (QED) is 0.128. The first-order chi connectivity index (χ1) is 23.9. The molecule has 10 nitrogen and oxygen atoms in total. The number of allylic oxidation sites excluding steroid dienone is 1. The number of carbonyl (C=O) groups excluding carboxylic acids is 6. The topological polar surface area (TPSA) is 121 Å². The first-order valence-corrected chi connectivity index (χ1v) is 16.1. The second kappa shape index (κ2) is 11.1. The van der Waals surface area contributed by atoms with Crippen LogP contribution >= 0.6 is 0 Å². The highest BCUT2D eigenvalue weighted by Crippen LogP contribution is 2.41. The Morgan fingerprint density at radius 2 is 1.08 bits per heavy atom. The van der Waals surface area contributed by atoms with Crippen molar-refractivity contribution in [3.8, 4) is 5.75 Å². The van der Waals surface area contributed by atoms with Crippen LogP contribution in [0.5, 0.6) is 5.75 Å². The molecule has 0 atom stereocenters. The molecule has 0 N–H and O–H groups in total. The maximum Gasteiger partial charge on any atom is 0.331 e. The Morgan fingerprint density at radius 3 is 1.56 bits per heavy atom. The van der Waals surface area contributed by atoms with E-state index < -0.39 is 54.1 Å². The van der Waals surface area contributed by atoms with E-state index in [0.29, 0.717) is 44.3 Å². The Hall–Kier alpha value is -6.42.